The molecule has 4 nitrogen and oxygen atoms in total. The number of rotatable bonds is 7. The average Bonchev–Trinajstić information content (AvgIpc) is 2.09. The van der Waals surface area contributed by atoms with Crippen molar-refractivity contribution in [1.29, 1.82) is 0 Å². The number of hydrogen-bond donors (Lipinski definition) is 3. The van der Waals surface area contributed by atoms with E-state index in [4.69, 9.17) is 0 Å². The molecule has 0 aromatic carbocycles. The second-order valence-corrected chi connectivity index (χ2v) is 2.66. The van der Waals surface area contributed by atoms with E-state index in [1.807, 2.05) is 14.1 Å². The van der Waals surface area contributed by atoms with Crippen molar-refractivity contribution in [2.75, 3.05) is 33.7 Å². The summed E-state index contributed by atoms with van der Waals surface area (Å²) in [5, 5.41) is 8.78. The lowest BCUT2D eigenvalue weighted by atomic mass is 10.3. The number of carbonyl (C=O) groups excluding carboxylic acids is 1. The van der Waals surface area contributed by atoms with E-state index in [1.165, 1.54) is 0 Å². The maximum absolute atomic E-state index is 11.0. The number of carbonyl (C=O) groups is 1. The largest absolute Gasteiger partial charge is 0.356 e. The summed E-state index contributed by atoms with van der Waals surface area (Å²) in [6, 6.07) is 0. The predicted molar refractivity (Wildman–Crippen MR) is 50.1 cm³/mol. The van der Waals surface area contributed by atoms with Crippen LogP contribution in [0.15, 0.2) is 0 Å². The van der Waals surface area contributed by atoms with Crippen molar-refractivity contribution in [3.8, 4) is 0 Å². The first kappa shape index (κ1) is 11.4. The van der Waals surface area contributed by atoms with Crippen molar-refractivity contribution >= 4 is 5.91 Å². The molecular weight excluding hydrogens is 154 g/mol. The summed E-state index contributed by atoms with van der Waals surface area (Å²) in [5.74, 6) is 0.125. The summed E-state index contributed by atoms with van der Waals surface area (Å²) >= 11 is 0. The number of amides is 1. The van der Waals surface area contributed by atoms with Gasteiger partial charge in [-0.3, -0.25) is 4.79 Å². The van der Waals surface area contributed by atoms with Gasteiger partial charge in [0.05, 0.1) is 0 Å². The van der Waals surface area contributed by atoms with Crippen LogP contribution in [0.3, 0.4) is 0 Å². The minimum Gasteiger partial charge on any atom is -0.356 e. The third kappa shape index (κ3) is 7.50. The normalized spacial score (nSPS) is 9.83. The standard InChI is InChI=1S/C8H19N3O/c1-9-5-3-6-11-8(12)4-7-10-2/h9-10H,3-7H2,1-2H3,(H,11,12). The molecule has 72 valence electrons. The fraction of sp³-hybridized carbons (Fsp3) is 0.875. The molecule has 0 rings (SSSR count). The Kier molecular flexibility index (Phi) is 8.05. The lowest BCUT2D eigenvalue weighted by Gasteiger charge is -2.03. The van der Waals surface area contributed by atoms with E-state index in [-0.39, 0.29) is 5.91 Å². The van der Waals surface area contributed by atoms with Crippen LogP contribution in [0.5, 0.6) is 0 Å². The molecule has 0 unspecified atom stereocenters. The van der Waals surface area contributed by atoms with Gasteiger partial charge in [-0.25, -0.2) is 0 Å². The molecule has 0 saturated carbocycles. The Morgan fingerprint density at radius 1 is 1.08 bits per heavy atom. The van der Waals surface area contributed by atoms with Crippen LogP contribution in [0.1, 0.15) is 12.8 Å². The monoisotopic (exact) mass is 173 g/mol. The molecule has 0 bridgehead atoms. The van der Waals surface area contributed by atoms with E-state index in [0.717, 1.165) is 26.1 Å². The highest BCUT2D eigenvalue weighted by molar-refractivity contribution is 5.75. The van der Waals surface area contributed by atoms with E-state index < -0.39 is 0 Å². The topological polar surface area (TPSA) is 53.2 Å². The van der Waals surface area contributed by atoms with E-state index >= 15 is 0 Å². The van der Waals surface area contributed by atoms with Gasteiger partial charge in [0.15, 0.2) is 0 Å². The Morgan fingerprint density at radius 2 is 1.75 bits per heavy atom. The van der Waals surface area contributed by atoms with Gasteiger partial charge >= 0.3 is 0 Å². The summed E-state index contributed by atoms with van der Waals surface area (Å²) in [7, 11) is 3.75. The van der Waals surface area contributed by atoms with Gasteiger partial charge < -0.3 is 16.0 Å². The Balaban J connectivity index is 3.08. The Hall–Kier alpha value is -0.610. The first-order chi connectivity index (χ1) is 5.81. The molecule has 3 N–H and O–H groups in total. The van der Waals surface area contributed by atoms with Gasteiger partial charge in [0.25, 0.3) is 0 Å². The van der Waals surface area contributed by atoms with Crippen molar-refractivity contribution < 1.29 is 4.79 Å². The zero-order valence-corrected chi connectivity index (χ0v) is 7.94. The number of hydrogen-bond acceptors (Lipinski definition) is 3. The van der Waals surface area contributed by atoms with Crippen LogP contribution in [0, 0.1) is 0 Å². The predicted octanol–water partition coefficient (Wildman–Crippen LogP) is -0.678. The highest BCUT2D eigenvalue weighted by Crippen LogP contribution is 1.78. The average molecular weight is 173 g/mol. The minimum atomic E-state index is 0.125. The highest BCUT2D eigenvalue weighted by Gasteiger charge is 1.97. The minimum absolute atomic E-state index is 0.125. The summed E-state index contributed by atoms with van der Waals surface area (Å²) < 4.78 is 0. The van der Waals surface area contributed by atoms with Gasteiger partial charge in [-0.1, -0.05) is 0 Å². The van der Waals surface area contributed by atoms with Gasteiger partial charge in [0, 0.05) is 19.5 Å². The fourth-order valence-corrected chi connectivity index (χ4v) is 0.820. The molecule has 0 radical (unpaired) electrons. The summed E-state index contributed by atoms with van der Waals surface area (Å²) in [4.78, 5) is 11.0. The highest BCUT2D eigenvalue weighted by atomic mass is 16.1. The van der Waals surface area contributed by atoms with Crippen molar-refractivity contribution in [2.24, 2.45) is 0 Å². The zero-order chi connectivity index (χ0) is 9.23. The second-order valence-electron chi connectivity index (χ2n) is 2.66. The van der Waals surface area contributed by atoms with E-state index in [0.29, 0.717) is 6.42 Å². The number of nitrogens with one attached hydrogen (secondary N) is 3. The van der Waals surface area contributed by atoms with Crippen LogP contribution in [-0.4, -0.2) is 39.6 Å². The molecule has 4 heteroatoms. The van der Waals surface area contributed by atoms with Crippen molar-refractivity contribution in [1.82, 2.24) is 16.0 Å². The van der Waals surface area contributed by atoms with Crippen molar-refractivity contribution in [2.45, 2.75) is 12.8 Å². The summed E-state index contributed by atoms with van der Waals surface area (Å²) in [5.41, 5.74) is 0. The van der Waals surface area contributed by atoms with Gasteiger partial charge in [-0.05, 0) is 27.1 Å². The van der Waals surface area contributed by atoms with Gasteiger partial charge in [0.2, 0.25) is 5.91 Å². The molecule has 0 fully saturated rings. The maximum Gasteiger partial charge on any atom is 0.221 e. The van der Waals surface area contributed by atoms with E-state index in [2.05, 4.69) is 16.0 Å². The van der Waals surface area contributed by atoms with Crippen LogP contribution >= 0.6 is 0 Å². The smallest absolute Gasteiger partial charge is 0.221 e. The second kappa shape index (κ2) is 8.49. The Bertz CT molecular complexity index is 117. The molecule has 0 aliphatic rings. The molecular formula is C8H19N3O. The van der Waals surface area contributed by atoms with Gasteiger partial charge in [0.1, 0.15) is 0 Å². The first-order valence-corrected chi connectivity index (χ1v) is 4.37. The Labute approximate surface area is 74.1 Å². The van der Waals surface area contributed by atoms with Gasteiger partial charge in [-0.15, -0.1) is 0 Å². The van der Waals surface area contributed by atoms with Crippen LogP contribution < -0.4 is 16.0 Å². The fourth-order valence-electron chi connectivity index (χ4n) is 0.820. The molecule has 0 heterocycles. The van der Waals surface area contributed by atoms with Crippen LogP contribution in [-0.2, 0) is 4.79 Å². The van der Waals surface area contributed by atoms with Crippen molar-refractivity contribution in [3.05, 3.63) is 0 Å². The SMILES string of the molecule is CNCCCNC(=O)CCNC. The summed E-state index contributed by atoms with van der Waals surface area (Å²) in [6.45, 7) is 2.47. The lowest BCUT2D eigenvalue weighted by Crippen LogP contribution is -2.28. The molecule has 0 aliphatic heterocycles. The molecule has 0 aromatic rings. The van der Waals surface area contributed by atoms with Crippen LogP contribution in [0.25, 0.3) is 0 Å². The van der Waals surface area contributed by atoms with E-state index in [9.17, 15) is 4.79 Å². The Morgan fingerprint density at radius 3 is 2.33 bits per heavy atom. The molecule has 1 amide bonds. The molecule has 0 aromatic heterocycles. The molecule has 12 heavy (non-hydrogen) atoms. The van der Waals surface area contributed by atoms with Gasteiger partial charge in [-0.2, -0.15) is 0 Å². The molecule has 0 aliphatic carbocycles. The molecule has 0 spiro atoms. The quantitative estimate of drug-likeness (QED) is 0.447. The molecule has 0 atom stereocenters. The van der Waals surface area contributed by atoms with Crippen LogP contribution in [0.2, 0.25) is 0 Å². The third-order valence-corrected chi connectivity index (χ3v) is 1.53. The van der Waals surface area contributed by atoms with E-state index in [1.54, 1.807) is 0 Å². The third-order valence-electron chi connectivity index (χ3n) is 1.53. The lowest BCUT2D eigenvalue weighted by molar-refractivity contribution is -0.120. The zero-order valence-electron chi connectivity index (χ0n) is 7.94. The first-order valence-electron chi connectivity index (χ1n) is 4.37. The maximum atomic E-state index is 11.0. The van der Waals surface area contributed by atoms with Crippen LogP contribution in [0.4, 0.5) is 0 Å². The summed E-state index contributed by atoms with van der Waals surface area (Å²) in [6.07, 6.45) is 1.55. The molecule has 0 saturated heterocycles. The van der Waals surface area contributed by atoms with Crippen molar-refractivity contribution in [3.63, 3.8) is 0 Å².